The highest BCUT2D eigenvalue weighted by Crippen LogP contribution is 2.52. The first-order valence-electron chi connectivity index (χ1n) is 5.66. The van der Waals surface area contributed by atoms with Crippen LogP contribution in [0.25, 0.3) is 0 Å². The molecule has 1 aliphatic rings. The van der Waals surface area contributed by atoms with Crippen molar-refractivity contribution in [2.45, 2.75) is 24.7 Å². The third kappa shape index (κ3) is 2.10. The van der Waals surface area contributed by atoms with E-state index in [1.807, 2.05) is 6.07 Å². The molecule has 1 aromatic carbocycles. The lowest BCUT2D eigenvalue weighted by Crippen LogP contribution is -2.13. The van der Waals surface area contributed by atoms with Crippen LogP contribution in [0.2, 0.25) is 0 Å². The molecule has 0 spiro atoms. The molecule has 0 amide bonds. The summed E-state index contributed by atoms with van der Waals surface area (Å²) in [6.45, 7) is 0.638. The summed E-state index contributed by atoms with van der Waals surface area (Å²) < 4.78 is 5.08. The van der Waals surface area contributed by atoms with Gasteiger partial charge in [-0.2, -0.15) is 0 Å². The average molecular weight is 236 g/mol. The van der Waals surface area contributed by atoms with Gasteiger partial charge in [0.2, 0.25) is 0 Å². The molecular formula is C12H16N2O3. The fourth-order valence-corrected chi connectivity index (χ4v) is 2.27. The van der Waals surface area contributed by atoms with Gasteiger partial charge >= 0.3 is 5.69 Å². The van der Waals surface area contributed by atoms with E-state index >= 15 is 0 Å². The molecule has 0 aliphatic heterocycles. The molecule has 0 heterocycles. The third-order valence-electron chi connectivity index (χ3n) is 3.47. The van der Waals surface area contributed by atoms with Gasteiger partial charge in [-0.15, -0.1) is 0 Å². The predicted molar refractivity (Wildman–Crippen MR) is 64.2 cm³/mol. The summed E-state index contributed by atoms with van der Waals surface area (Å²) in [5, 5.41) is 10.8. The van der Waals surface area contributed by atoms with Gasteiger partial charge in [0, 0.05) is 6.07 Å². The van der Waals surface area contributed by atoms with Crippen LogP contribution < -0.4 is 10.5 Å². The van der Waals surface area contributed by atoms with Crippen molar-refractivity contribution >= 4 is 5.69 Å². The number of hydrogen-bond donors (Lipinski definition) is 1. The first kappa shape index (κ1) is 11.9. The van der Waals surface area contributed by atoms with Gasteiger partial charge < -0.3 is 10.5 Å². The molecule has 17 heavy (non-hydrogen) atoms. The third-order valence-corrected chi connectivity index (χ3v) is 3.47. The minimum atomic E-state index is -0.425. The zero-order chi connectivity index (χ0) is 12.5. The van der Waals surface area contributed by atoms with Crippen molar-refractivity contribution < 1.29 is 9.66 Å². The van der Waals surface area contributed by atoms with Gasteiger partial charge in [0.15, 0.2) is 5.75 Å². The average Bonchev–Trinajstić information content (AvgIpc) is 3.09. The van der Waals surface area contributed by atoms with Crippen LogP contribution in [0.3, 0.4) is 0 Å². The van der Waals surface area contributed by atoms with Crippen LogP contribution in [0, 0.1) is 10.1 Å². The molecule has 1 saturated carbocycles. The number of methoxy groups -OCH3 is 1. The van der Waals surface area contributed by atoms with Gasteiger partial charge in [0.25, 0.3) is 0 Å². The van der Waals surface area contributed by atoms with Gasteiger partial charge in [0.1, 0.15) is 0 Å². The zero-order valence-corrected chi connectivity index (χ0v) is 9.81. The van der Waals surface area contributed by atoms with E-state index in [-0.39, 0.29) is 11.1 Å². The van der Waals surface area contributed by atoms with Crippen LogP contribution in [-0.2, 0) is 5.41 Å². The molecular weight excluding hydrogens is 220 g/mol. The Labute approximate surface area is 99.7 Å². The molecule has 0 radical (unpaired) electrons. The summed E-state index contributed by atoms with van der Waals surface area (Å²) in [5.41, 5.74) is 6.85. The molecule has 5 heteroatoms. The van der Waals surface area contributed by atoms with E-state index in [9.17, 15) is 10.1 Å². The molecule has 5 nitrogen and oxygen atoms in total. The number of ether oxygens (including phenoxy) is 1. The number of benzene rings is 1. The quantitative estimate of drug-likeness (QED) is 0.626. The Morgan fingerprint density at radius 2 is 2.24 bits per heavy atom. The molecule has 1 aliphatic carbocycles. The largest absolute Gasteiger partial charge is 0.490 e. The van der Waals surface area contributed by atoms with Gasteiger partial charge in [0.05, 0.1) is 12.0 Å². The number of hydrogen-bond acceptors (Lipinski definition) is 4. The van der Waals surface area contributed by atoms with Crippen molar-refractivity contribution in [3.8, 4) is 5.75 Å². The Morgan fingerprint density at radius 3 is 2.71 bits per heavy atom. The number of nitro benzene ring substituents is 1. The second-order valence-corrected chi connectivity index (χ2v) is 4.46. The second-order valence-electron chi connectivity index (χ2n) is 4.46. The molecule has 2 rings (SSSR count). The van der Waals surface area contributed by atoms with Crippen LogP contribution in [-0.4, -0.2) is 18.6 Å². The van der Waals surface area contributed by atoms with E-state index in [4.69, 9.17) is 10.5 Å². The van der Waals surface area contributed by atoms with Gasteiger partial charge in [-0.25, -0.2) is 0 Å². The Hall–Kier alpha value is -1.62. The Bertz CT molecular complexity index is 441. The topological polar surface area (TPSA) is 78.4 Å². The first-order valence-corrected chi connectivity index (χ1v) is 5.66. The highest BCUT2D eigenvalue weighted by atomic mass is 16.6. The summed E-state index contributed by atoms with van der Waals surface area (Å²) in [6, 6.07) is 5.12. The lowest BCUT2D eigenvalue weighted by Gasteiger charge is -2.15. The van der Waals surface area contributed by atoms with Crippen molar-refractivity contribution in [3.05, 3.63) is 33.9 Å². The maximum atomic E-state index is 10.8. The van der Waals surface area contributed by atoms with Crippen molar-refractivity contribution in [1.29, 1.82) is 0 Å². The molecule has 1 aromatic rings. The molecule has 1 fully saturated rings. The highest BCUT2D eigenvalue weighted by Gasteiger charge is 2.43. The summed E-state index contributed by atoms with van der Waals surface area (Å²) >= 11 is 0. The number of nitrogens with two attached hydrogens (primary N) is 1. The molecule has 0 bridgehead atoms. The van der Waals surface area contributed by atoms with Crippen LogP contribution >= 0.6 is 0 Å². The summed E-state index contributed by atoms with van der Waals surface area (Å²) in [7, 11) is 1.45. The maximum absolute atomic E-state index is 10.8. The predicted octanol–water partition coefficient (Wildman–Crippen LogP) is 1.98. The molecule has 0 saturated heterocycles. The summed E-state index contributed by atoms with van der Waals surface area (Å²) in [4.78, 5) is 10.4. The Kier molecular flexibility index (Phi) is 3.02. The zero-order valence-electron chi connectivity index (χ0n) is 9.81. The number of nitrogens with zero attached hydrogens (tertiary/aromatic N) is 1. The van der Waals surface area contributed by atoms with E-state index in [1.54, 1.807) is 6.07 Å². The fourth-order valence-electron chi connectivity index (χ4n) is 2.27. The van der Waals surface area contributed by atoms with Crippen LogP contribution in [0.5, 0.6) is 5.75 Å². The lowest BCUT2D eigenvalue weighted by atomic mass is 9.92. The number of rotatable bonds is 5. The van der Waals surface area contributed by atoms with Crippen LogP contribution in [0.1, 0.15) is 24.8 Å². The minimum Gasteiger partial charge on any atom is -0.490 e. The molecule has 0 unspecified atom stereocenters. The van der Waals surface area contributed by atoms with Crippen LogP contribution in [0.4, 0.5) is 5.69 Å². The second kappa shape index (κ2) is 4.33. The van der Waals surface area contributed by atoms with Crippen molar-refractivity contribution in [2.24, 2.45) is 5.73 Å². The van der Waals surface area contributed by atoms with E-state index < -0.39 is 4.92 Å². The molecule has 2 N–H and O–H groups in total. The molecule has 0 aromatic heterocycles. The summed E-state index contributed by atoms with van der Waals surface area (Å²) in [5.74, 6) is 0.329. The van der Waals surface area contributed by atoms with Crippen molar-refractivity contribution in [3.63, 3.8) is 0 Å². The summed E-state index contributed by atoms with van der Waals surface area (Å²) in [6.07, 6.45) is 3.13. The Balaban J connectivity index is 2.35. The standard InChI is InChI=1S/C12H16N2O3/c1-17-11-8-9(2-3-10(11)14(15)16)12(4-5-12)6-7-13/h2-3,8H,4-7,13H2,1H3. The van der Waals surface area contributed by atoms with E-state index in [0.29, 0.717) is 12.3 Å². The van der Waals surface area contributed by atoms with E-state index in [0.717, 1.165) is 24.8 Å². The van der Waals surface area contributed by atoms with Crippen LogP contribution in [0.15, 0.2) is 18.2 Å². The fraction of sp³-hybridized carbons (Fsp3) is 0.500. The van der Waals surface area contributed by atoms with Gasteiger partial charge in [-0.3, -0.25) is 10.1 Å². The lowest BCUT2D eigenvalue weighted by molar-refractivity contribution is -0.385. The van der Waals surface area contributed by atoms with Crippen molar-refractivity contribution in [2.75, 3.05) is 13.7 Å². The monoisotopic (exact) mass is 236 g/mol. The first-order chi connectivity index (χ1) is 8.13. The SMILES string of the molecule is COc1cc(C2(CCN)CC2)ccc1[N+](=O)[O-]. The maximum Gasteiger partial charge on any atom is 0.310 e. The van der Waals surface area contributed by atoms with E-state index in [1.165, 1.54) is 13.2 Å². The van der Waals surface area contributed by atoms with Crippen molar-refractivity contribution in [1.82, 2.24) is 0 Å². The highest BCUT2D eigenvalue weighted by molar-refractivity contribution is 5.51. The Morgan fingerprint density at radius 1 is 1.53 bits per heavy atom. The van der Waals surface area contributed by atoms with Gasteiger partial charge in [-0.05, 0) is 42.9 Å². The molecule has 0 atom stereocenters. The molecule has 92 valence electrons. The normalized spacial score (nSPS) is 16.6. The van der Waals surface area contributed by atoms with Gasteiger partial charge in [-0.1, -0.05) is 6.07 Å². The smallest absolute Gasteiger partial charge is 0.310 e. The van der Waals surface area contributed by atoms with E-state index in [2.05, 4.69) is 0 Å². The minimum absolute atomic E-state index is 0.0137. The number of nitro groups is 1.